The molecular formula is C12H25N3O2. The fourth-order valence-electron chi connectivity index (χ4n) is 2.18. The first kappa shape index (κ1) is 14.4. The minimum atomic E-state index is -0.362. The molecule has 0 bridgehead atoms. The molecule has 1 aliphatic rings. The maximum atomic E-state index is 12.0. The summed E-state index contributed by atoms with van der Waals surface area (Å²) in [5, 5.41) is 8.84. The van der Waals surface area contributed by atoms with Crippen molar-refractivity contribution in [2.24, 2.45) is 11.7 Å². The fourth-order valence-corrected chi connectivity index (χ4v) is 2.18. The molecule has 1 fully saturated rings. The van der Waals surface area contributed by atoms with Crippen LogP contribution in [0.15, 0.2) is 0 Å². The molecule has 1 rings (SSSR count). The first-order valence-corrected chi connectivity index (χ1v) is 6.42. The van der Waals surface area contributed by atoms with Crippen LogP contribution in [0, 0.1) is 5.92 Å². The number of β-amino-alcohol motifs (C(OH)–C–C–N with tert-alkyl or cyclic N) is 1. The molecule has 100 valence electrons. The second kappa shape index (κ2) is 6.93. The molecule has 5 heteroatoms. The summed E-state index contributed by atoms with van der Waals surface area (Å²) in [6.07, 6.45) is 0.746. The van der Waals surface area contributed by atoms with Gasteiger partial charge >= 0.3 is 0 Å². The molecule has 0 saturated carbocycles. The van der Waals surface area contributed by atoms with Crippen LogP contribution >= 0.6 is 0 Å². The lowest BCUT2D eigenvalue weighted by atomic mass is 10.0. The van der Waals surface area contributed by atoms with Crippen LogP contribution in [-0.2, 0) is 4.79 Å². The van der Waals surface area contributed by atoms with E-state index in [0.29, 0.717) is 12.5 Å². The molecule has 0 aromatic rings. The van der Waals surface area contributed by atoms with Crippen LogP contribution in [0.2, 0.25) is 0 Å². The molecule has 3 N–H and O–H groups in total. The zero-order valence-electron chi connectivity index (χ0n) is 10.9. The molecule has 0 aliphatic carbocycles. The Bertz CT molecular complexity index is 238. The summed E-state index contributed by atoms with van der Waals surface area (Å²) in [6, 6.07) is -0.362. The van der Waals surface area contributed by atoms with Crippen molar-refractivity contribution in [2.45, 2.75) is 26.3 Å². The predicted octanol–water partition coefficient (Wildman–Crippen LogP) is -0.504. The van der Waals surface area contributed by atoms with E-state index in [1.165, 1.54) is 0 Å². The highest BCUT2D eigenvalue weighted by molar-refractivity contribution is 5.81. The van der Waals surface area contributed by atoms with Gasteiger partial charge in [-0.25, -0.2) is 0 Å². The topological polar surface area (TPSA) is 69.8 Å². The number of aliphatic hydroxyl groups is 1. The van der Waals surface area contributed by atoms with Crippen molar-refractivity contribution < 1.29 is 9.90 Å². The number of piperazine rings is 1. The number of nitrogens with zero attached hydrogens (tertiary/aromatic N) is 2. The maximum absolute atomic E-state index is 12.0. The second-order valence-electron chi connectivity index (χ2n) is 5.13. The Kier molecular flexibility index (Phi) is 5.88. The van der Waals surface area contributed by atoms with Crippen LogP contribution in [0.4, 0.5) is 0 Å². The van der Waals surface area contributed by atoms with Gasteiger partial charge in [0.15, 0.2) is 0 Å². The van der Waals surface area contributed by atoms with Crippen molar-refractivity contribution in [3.05, 3.63) is 0 Å². The third kappa shape index (κ3) is 4.61. The summed E-state index contributed by atoms with van der Waals surface area (Å²) in [4.78, 5) is 16.0. The second-order valence-corrected chi connectivity index (χ2v) is 5.13. The Morgan fingerprint density at radius 1 is 1.29 bits per heavy atom. The number of nitrogens with two attached hydrogens (primary N) is 1. The highest BCUT2D eigenvalue weighted by Crippen LogP contribution is 2.08. The van der Waals surface area contributed by atoms with Crippen molar-refractivity contribution in [1.29, 1.82) is 0 Å². The number of carbonyl (C=O) groups is 1. The minimum absolute atomic E-state index is 0.0716. The van der Waals surface area contributed by atoms with E-state index in [1.54, 1.807) is 0 Å². The van der Waals surface area contributed by atoms with E-state index in [2.05, 4.69) is 18.7 Å². The summed E-state index contributed by atoms with van der Waals surface area (Å²) in [5.74, 6) is 0.520. The Balaban J connectivity index is 2.35. The van der Waals surface area contributed by atoms with Gasteiger partial charge in [0, 0.05) is 32.7 Å². The monoisotopic (exact) mass is 243 g/mol. The third-order valence-corrected chi connectivity index (χ3v) is 3.14. The van der Waals surface area contributed by atoms with Gasteiger partial charge in [0.2, 0.25) is 5.91 Å². The fraction of sp³-hybridized carbons (Fsp3) is 0.917. The van der Waals surface area contributed by atoms with Gasteiger partial charge in [-0.05, 0) is 12.3 Å². The largest absolute Gasteiger partial charge is 0.395 e. The number of carbonyl (C=O) groups excluding carboxylic acids is 1. The van der Waals surface area contributed by atoms with Gasteiger partial charge in [-0.1, -0.05) is 13.8 Å². The molecule has 1 amide bonds. The number of rotatable bonds is 5. The van der Waals surface area contributed by atoms with E-state index in [4.69, 9.17) is 10.8 Å². The highest BCUT2D eigenvalue weighted by atomic mass is 16.3. The quantitative estimate of drug-likeness (QED) is 0.683. The van der Waals surface area contributed by atoms with Gasteiger partial charge in [-0.2, -0.15) is 0 Å². The summed E-state index contributed by atoms with van der Waals surface area (Å²) in [6.45, 7) is 8.15. The van der Waals surface area contributed by atoms with E-state index in [1.807, 2.05) is 4.90 Å². The predicted molar refractivity (Wildman–Crippen MR) is 67.5 cm³/mol. The van der Waals surface area contributed by atoms with E-state index < -0.39 is 0 Å². The van der Waals surface area contributed by atoms with Crippen molar-refractivity contribution in [3.8, 4) is 0 Å². The molecule has 1 unspecified atom stereocenters. The smallest absolute Gasteiger partial charge is 0.239 e. The van der Waals surface area contributed by atoms with Crippen molar-refractivity contribution >= 4 is 5.91 Å². The summed E-state index contributed by atoms with van der Waals surface area (Å²) < 4.78 is 0. The van der Waals surface area contributed by atoms with Gasteiger partial charge in [0.05, 0.1) is 12.6 Å². The molecule has 0 aromatic carbocycles. The maximum Gasteiger partial charge on any atom is 0.239 e. The first-order chi connectivity index (χ1) is 8.04. The Labute approximate surface area is 104 Å². The summed E-state index contributed by atoms with van der Waals surface area (Å²) >= 11 is 0. The molecule has 0 radical (unpaired) electrons. The van der Waals surface area contributed by atoms with Crippen LogP contribution in [0.3, 0.4) is 0 Å². The van der Waals surface area contributed by atoms with Crippen molar-refractivity contribution in [2.75, 3.05) is 39.3 Å². The van der Waals surface area contributed by atoms with Crippen LogP contribution in [-0.4, -0.2) is 66.2 Å². The average molecular weight is 243 g/mol. The number of amides is 1. The molecule has 1 atom stereocenters. The Morgan fingerprint density at radius 3 is 2.35 bits per heavy atom. The van der Waals surface area contributed by atoms with Gasteiger partial charge in [-0.15, -0.1) is 0 Å². The van der Waals surface area contributed by atoms with E-state index in [-0.39, 0.29) is 18.6 Å². The molecule has 1 aliphatic heterocycles. The van der Waals surface area contributed by atoms with Gasteiger partial charge in [0.1, 0.15) is 0 Å². The lowest BCUT2D eigenvalue weighted by molar-refractivity contribution is -0.134. The number of aliphatic hydroxyl groups excluding tert-OH is 1. The Hall–Kier alpha value is -0.650. The minimum Gasteiger partial charge on any atom is -0.395 e. The number of hydrogen-bond acceptors (Lipinski definition) is 4. The van der Waals surface area contributed by atoms with Gasteiger partial charge in [-0.3, -0.25) is 9.69 Å². The molecule has 0 aromatic heterocycles. The SMILES string of the molecule is CC(C)CC(N)C(=O)N1CCN(CCO)CC1. The first-order valence-electron chi connectivity index (χ1n) is 6.42. The average Bonchev–Trinajstić information content (AvgIpc) is 2.28. The van der Waals surface area contributed by atoms with Crippen LogP contribution in [0.5, 0.6) is 0 Å². The molecule has 1 heterocycles. The lowest BCUT2D eigenvalue weighted by Crippen LogP contribution is -2.53. The van der Waals surface area contributed by atoms with Gasteiger partial charge < -0.3 is 15.7 Å². The molecular weight excluding hydrogens is 218 g/mol. The van der Waals surface area contributed by atoms with E-state index in [9.17, 15) is 4.79 Å². The summed E-state index contributed by atoms with van der Waals surface area (Å²) in [7, 11) is 0. The van der Waals surface area contributed by atoms with E-state index in [0.717, 1.165) is 32.6 Å². The molecule has 0 spiro atoms. The zero-order chi connectivity index (χ0) is 12.8. The lowest BCUT2D eigenvalue weighted by Gasteiger charge is -2.35. The zero-order valence-corrected chi connectivity index (χ0v) is 10.9. The highest BCUT2D eigenvalue weighted by Gasteiger charge is 2.25. The standard InChI is InChI=1S/C12H25N3O2/c1-10(2)9-11(13)12(17)15-5-3-14(4-6-15)7-8-16/h10-11,16H,3-9,13H2,1-2H3. The third-order valence-electron chi connectivity index (χ3n) is 3.14. The van der Waals surface area contributed by atoms with Crippen LogP contribution in [0.25, 0.3) is 0 Å². The van der Waals surface area contributed by atoms with Gasteiger partial charge in [0.25, 0.3) is 0 Å². The van der Waals surface area contributed by atoms with Crippen LogP contribution < -0.4 is 5.73 Å². The van der Waals surface area contributed by atoms with Crippen molar-refractivity contribution in [3.63, 3.8) is 0 Å². The Morgan fingerprint density at radius 2 is 1.88 bits per heavy atom. The molecule has 17 heavy (non-hydrogen) atoms. The van der Waals surface area contributed by atoms with Crippen LogP contribution in [0.1, 0.15) is 20.3 Å². The summed E-state index contributed by atoms with van der Waals surface area (Å²) in [5.41, 5.74) is 5.90. The molecule has 1 saturated heterocycles. The number of hydrogen-bond donors (Lipinski definition) is 2. The van der Waals surface area contributed by atoms with E-state index >= 15 is 0 Å². The molecule has 5 nitrogen and oxygen atoms in total. The normalized spacial score (nSPS) is 19.7. The van der Waals surface area contributed by atoms with Crippen molar-refractivity contribution in [1.82, 2.24) is 9.80 Å².